The third-order valence-electron chi connectivity index (χ3n) is 2.94. The maximum absolute atomic E-state index is 11.9. The zero-order valence-electron chi connectivity index (χ0n) is 11.3. The van der Waals surface area contributed by atoms with E-state index >= 15 is 0 Å². The van der Waals surface area contributed by atoms with Gasteiger partial charge in [-0.3, -0.25) is 4.79 Å². The number of thioether (sulfide) groups is 1. The molecule has 2 nitrogen and oxygen atoms in total. The highest BCUT2D eigenvalue weighted by Gasteiger charge is 2.07. The van der Waals surface area contributed by atoms with Crippen LogP contribution in [-0.4, -0.2) is 11.8 Å². The number of benzene rings is 2. The smallest absolute Gasteiger partial charge is 0.283 e. The third kappa shape index (κ3) is 4.00. The molecule has 0 saturated carbocycles. The molecule has 0 aliphatic rings. The Kier molecular flexibility index (Phi) is 4.86. The van der Waals surface area contributed by atoms with Gasteiger partial charge < -0.3 is 5.32 Å². The van der Waals surface area contributed by atoms with Crippen molar-refractivity contribution in [2.24, 2.45) is 5.92 Å². The van der Waals surface area contributed by atoms with Gasteiger partial charge in [0, 0.05) is 11.4 Å². The van der Waals surface area contributed by atoms with E-state index in [1.165, 1.54) is 17.1 Å². The molecule has 19 heavy (non-hydrogen) atoms. The van der Waals surface area contributed by atoms with E-state index in [0.29, 0.717) is 5.92 Å². The first-order valence-corrected chi connectivity index (χ1v) is 7.42. The summed E-state index contributed by atoms with van der Waals surface area (Å²) in [5.41, 5.74) is 0. The summed E-state index contributed by atoms with van der Waals surface area (Å²) >= 11 is 1.27. The maximum atomic E-state index is 11.9. The Labute approximate surface area is 118 Å². The molecule has 1 amide bonds. The second kappa shape index (κ2) is 6.62. The van der Waals surface area contributed by atoms with Gasteiger partial charge in [-0.15, -0.1) is 0 Å². The van der Waals surface area contributed by atoms with Crippen molar-refractivity contribution in [1.82, 2.24) is 5.32 Å². The lowest BCUT2D eigenvalue weighted by Gasteiger charge is -2.08. The average Bonchev–Trinajstić information content (AvgIpc) is 2.39. The Balaban J connectivity index is 2.03. The number of hydrogen-bond acceptors (Lipinski definition) is 2. The monoisotopic (exact) mass is 273 g/mol. The number of carbonyl (C=O) groups is 1. The Morgan fingerprint density at radius 3 is 2.68 bits per heavy atom. The summed E-state index contributed by atoms with van der Waals surface area (Å²) in [4.78, 5) is 12.9. The molecule has 3 heteroatoms. The van der Waals surface area contributed by atoms with Crippen LogP contribution in [0.1, 0.15) is 20.3 Å². The van der Waals surface area contributed by atoms with E-state index in [0.717, 1.165) is 23.2 Å². The van der Waals surface area contributed by atoms with Crippen LogP contribution in [0.25, 0.3) is 10.8 Å². The fourth-order valence-corrected chi connectivity index (χ4v) is 2.70. The molecule has 0 spiro atoms. The first-order valence-electron chi connectivity index (χ1n) is 6.60. The summed E-state index contributed by atoms with van der Waals surface area (Å²) in [6, 6.07) is 14.2. The van der Waals surface area contributed by atoms with Gasteiger partial charge in [0.2, 0.25) is 0 Å². The van der Waals surface area contributed by atoms with E-state index in [9.17, 15) is 4.79 Å². The van der Waals surface area contributed by atoms with Gasteiger partial charge in [-0.05, 0) is 40.9 Å². The van der Waals surface area contributed by atoms with Crippen molar-refractivity contribution in [3.8, 4) is 0 Å². The normalized spacial score (nSPS) is 10.9. The van der Waals surface area contributed by atoms with Crippen LogP contribution in [0.15, 0.2) is 47.4 Å². The lowest BCUT2D eigenvalue weighted by Crippen LogP contribution is -2.20. The molecule has 0 unspecified atom stereocenters. The summed E-state index contributed by atoms with van der Waals surface area (Å²) < 4.78 is 0. The number of carbonyl (C=O) groups excluding carboxylic acids is 1. The Hall–Kier alpha value is -1.48. The predicted molar refractivity (Wildman–Crippen MR) is 82.7 cm³/mol. The van der Waals surface area contributed by atoms with Crippen molar-refractivity contribution in [3.63, 3.8) is 0 Å². The lowest BCUT2D eigenvalue weighted by molar-refractivity contribution is 0.260. The quantitative estimate of drug-likeness (QED) is 0.819. The standard InChI is InChI=1S/C16H19NOS/c1-12(2)10-11-17-16(18)19-15-9-5-7-13-6-3-4-8-14(13)15/h3-9,12H,10-11H2,1-2H3,(H,17,18). The molecule has 0 saturated heterocycles. The number of fused-ring (bicyclic) bond motifs is 1. The van der Waals surface area contributed by atoms with E-state index in [4.69, 9.17) is 0 Å². The van der Waals surface area contributed by atoms with Crippen LogP contribution in [0.3, 0.4) is 0 Å². The second-order valence-corrected chi connectivity index (χ2v) is 5.99. The van der Waals surface area contributed by atoms with Crippen LogP contribution in [0.2, 0.25) is 0 Å². The summed E-state index contributed by atoms with van der Waals surface area (Å²) in [6.45, 7) is 5.06. The topological polar surface area (TPSA) is 29.1 Å². The van der Waals surface area contributed by atoms with Gasteiger partial charge in [-0.25, -0.2) is 0 Å². The van der Waals surface area contributed by atoms with Crippen LogP contribution in [0.4, 0.5) is 4.79 Å². The predicted octanol–water partition coefficient (Wildman–Crippen LogP) is 4.69. The van der Waals surface area contributed by atoms with Gasteiger partial charge in [-0.1, -0.05) is 50.2 Å². The molecule has 0 radical (unpaired) electrons. The molecule has 0 heterocycles. The van der Waals surface area contributed by atoms with Crippen molar-refractivity contribution < 1.29 is 4.79 Å². The fourth-order valence-electron chi connectivity index (χ4n) is 1.88. The number of rotatable bonds is 4. The molecule has 0 aliphatic heterocycles. The van der Waals surface area contributed by atoms with E-state index < -0.39 is 0 Å². The molecular formula is C16H19NOS. The molecule has 1 N–H and O–H groups in total. The molecular weight excluding hydrogens is 254 g/mol. The molecule has 0 fully saturated rings. The zero-order chi connectivity index (χ0) is 13.7. The van der Waals surface area contributed by atoms with E-state index in [1.807, 2.05) is 24.3 Å². The maximum Gasteiger partial charge on any atom is 0.283 e. The molecule has 0 atom stereocenters. The van der Waals surface area contributed by atoms with Gasteiger partial charge in [0.15, 0.2) is 0 Å². The molecule has 100 valence electrons. The molecule has 2 aromatic carbocycles. The van der Waals surface area contributed by atoms with Gasteiger partial charge in [0.05, 0.1) is 0 Å². The van der Waals surface area contributed by atoms with Gasteiger partial charge in [-0.2, -0.15) is 0 Å². The van der Waals surface area contributed by atoms with Gasteiger partial charge >= 0.3 is 0 Å². The zero-order valence-corrected chi connectivity index (χ0v) is 12.2. The lowest BCUT2D eigenvalue weighted by atomic mass is 10.1. The third-order valence-corrected chi connectivity index (χ3v) is 3.85. The minimum Gasteiger partial charge on any atom is -0.347 e. The number of amides is 1. The number of hydrogen-bond donors (Lipinski definition) is 1. The summed E-state index contributed by atoms with van der Waals surface area (Å²) in [5, 5.41) is 5.28. The van der Waals surface area contributed by atoms with E-state index in [2.05, 4.69) is 37.4 Å². The fraction of sp³-hybridized carbons (Fsp3) is 0.312. The molecule has 2 rings (SSSR count). The van der Waals surface area contributed by atoms with Crippen molar-refractivity contribution in [1.29, 1.82) is 0 Å². The van der Waals surface area contributed by atoms with Crippen LogP contribution in [0, 0.1) is 5.92 Å². The minimum absolute atomic E-state index is 0.0250. The van der Waals surface area contributed by atoms with Crippen molar-refractivity contribution in [2.45, 2.75) is 25.2 Å². The molecule has 0 aromatic heterocycles. The number of nitrogens with one attached hydrogen (secondary N) is 1. The summed E-state index contributed by atoms with van der Waals surface area (Å²) in [6.07, 6.45) is 1.02. The van der Waals surface area contributed by atoms with Crippen LogP contribution in [-0.2, 0) is 0 Å². The minimum atomic E-state index is 0.0250. The van der Waals surface area contributed by atoms with Crippen LogP contribution < -0.4 is 5.32 Å². The Morgan fingerprint density at radius 1 is 1.16 bits per heavy atom. The highest BCUT2D eigenvalue weighted by molar-refractivity contribution is 8.13. The first-order chi connectivity index (χ1) is 9.16. The SMILES string of the molecule is CC(C)CCNC(=O)Sc1cccc2ccccc12. The van der Waals surface area contributed by atoms with Crippen molar-refractivity contribution in [2.75, 3.05) is 6.54 Å². The average molecular weight is 273 g/mol. The molecule has 0 aliphatic carbocycles. The largest absolute Gasteiger partial charge is 0.347 e. The molecule has 2 aromatic rings. The highest BCUT2D eigenvalue weighted by atomic mass is 32.2. The van der Waals surface area contributed by atoms with Crippen LogP contribution >= 0.6 is 11.8 Å². The Bertz CT molecular complexity index is 560. The van der Waals surface area contributed by atoms with Crippen molar-refractivity contribution >= 4 is 27.8 Å². The summed E-state index contributed by atoms with van der Waals surface area (Å²) in [7, 11) is 0. The molecule has 0 bridgehead atoms. The van der Waals surface area contributed by atoms with Crippen LogP contribution in [0.5, 0.6) is 0 Å². The van der Waals surface area contributed by atoms with E-state index in [-0.39, 0.29) is 5.24 Å². The highest BCUT2D eigenvalue weighted by Crippen LogP contribution is 2.27. The first kappa shape index (κ1) is 13.9. The Morgan fingerprint density at radius 2 is 1.89 bits per heavy atom. The van der Waals surface area contributed by atoms with Crippen molar-refractivity contribution in [3.05, 3.63) is 42.5 Å². The van der Waals surface area contributed by atoms with Gasteiger partial charge in [0.25, 0.3) is 5.24 Å². The second-order valence-electron chi connectivity index (χ2n) is 4.98. The van der Waals surface area contributed by atoms with Gasteiger partial charge in [0.1, 0.15) is 0 Å². The summed E-state index contributed by atoms with van der Waals surface area (Å²) in [5.74, 6) is 0.614. The van der Waals surface area contributed by atoms with E-state index in [1.54, 1.807) is 0 Å².